The largest absolute Gasteiger partial charge is 0.339 e. The molecule has 96 valence electrons. The minimum absolute atomic E-state index is 0.139. The lowest BCUT2D eigenvalue weighted by atomic mass is 10.2. The first kappa shape index (κ1) is 13.0. The highest BCUT2D eigenvalue weighted by molar-refractivity contribution is 6.30. The fourth-order valence-corrected chi connectivity index (χ4v) is 1.64. The molecule has 0 saturated heterocycles. The van der Waals surface area contributed by atoms with Crippen LogP contribution in [0.15, 0.2) is 22.7 Å². The van der Waals surface area contributed by atoms with Crippen LogP contribution >= 0.6 is 11.6 Å². The minimum Gasteiger partial charge on any atom is -0.339 e. The van der Waals surface area contributed by atoms with Crippen LogP contribution in [0.4, 0.5) is 4.39 Å². The van der Waals surface area contributed by atoms with Crippen LogP contribution in [0.25, 0.3) is 0 Å². The quantitative estimate of drug-likeness (QED) is 0.848. The molecule has 1 N–H and O–H groups in total. The van der Waals surface area contributed by atoms with Crippen LogP contribution in [0, 0.1) is 12.7 Å². The zero-order valence-corrected chi connectivity index (χ0v) is 10.7. The van der Waals surface area contributed by atoms with Crippen LogP contribution in [0.1, 0.15) is 17.3 Å². The molecule has 0 fully saturated rings. The van der Waals surface area contributed by atoms with Gasteiger partial charge in [0.05, 0.1) is 5.02 Å². The predicted molar refractivity (Wildman–Crippen MR) is 65.9 cm³/mol. The van der Waals surface area contributed by atoms with E-state index >= 15 is 0 Å². The van der Waals surface area contributed by atoms with E-state index in [1.54, 1.807) is 19.1 Å². The summed E-state index contributed by atoms with van der Waals surface area (Å²) in [5.41, 5.74) is 0.846. The molecular weight excluding hydrogens is 257 g/mol. The third-order valence-electron chi connectivity index (χ3n) is 2.40. The van der Waals surface area contributed by atoms with Gasteiger partial charge in [-0.2, -0.15) is 4.98 Å². The second-order valence-corrected chi connectivity index (χ2v) is 4.32. The lowest BCUT2D eigenvalue weighted by Crippen LogP contribution is -2.16. The molecule has 0 saturated carbocycles. The van der Waals surface area contributed by atoms with Crippen molar-refractivity contribution in [1.82, 2.24) is 15.5 Å². The summed E-state index contributed by atoms with van der Waals surface area (Å²) in [6.45, 7) is 3.03. The van der Waals surface area contributed by atoms with Gasteiger partial charge in [-0.3, -0.25) is 0 Å². The zero-order chi connectivity index (χ0) is 13.0. The number of rotatable bonds is 5. The number of aryl methyl sites for hydroxylation is 1. The van der Waals surface area contributed by atoms with Crippen LogP contribution < -0.4 is 5.32 Å². The van der Waals surface area contributed by atoms with Gasteiger partial charge in [-0.1, -0.05) is 22.8 Å². The van der Waals surface area contributed by atoms with Gasteiger partial charge in [0, 0.05) is 19.5 Å². The first-order valence-electron chi connectivity index (χ1n) is 5.59. The van der Waals surface area contributed by atoms with Crippen molar-refractivity contribution in [3.05, 3.63) is 46.3 Å². The Morgan fingerprint density at radius 1 is 1.44 bits per heavy atom. The van der Waals surface area contributed by atoms with Crippen molar-refractivity contribution < 1.29 is 8.91 Å². The first-order chi connectivity index (χ1) is 8.65. The first-order valence-corrected chi connectivity index (χ1v) is 5.97. The molecule has 0 bridgehead atoms. The molecule has 0 unspecified atom stereocenters. The monoisotopic (exact) mass is 269 g/mol. The topological polar surface area (TPSA) is 51.0 Å². The SMILES string of the molecule is Cc1noc(CCNCc2ccc(Cl)c(F)c2)n1. The Morgan fingerprint density at radius 3 is 2.94 bits per heavy atom. The summed E-state index contributed by atoms with van der Waals surface area (Å²) in [6.07, 6.45) is 0.650. The fourth-order valence-electron chi connectivity index (χ4n) is 1.52. The van der Waals surface area contributed by atoms with Crippen LogP contribution in [0.2, 0.25) is 5.02 Å². The molecule has 1 aromatic carbocycles. The van der Waals surface area contributed by atoms with Gasteiger partial charge in [-0.05, 0) is 24.6 Å². The molecule has 6 heteroatoms. The van der Waals surface area contributed by atoms with Crippen LogP contribution in [0.3, 0.4) is 0 Å². The Kier molecular flexibility index (Phi) is 4.28. The number of hydrogen-bond acceptors (Lipinski definition) is 4. The summed E-state index contributed by atoms with van der Waals surface area (Å²) in [7, 11) is 0. The lowest BCUT2D eigenvalue weighted by Gasteiger charge is -2.04. The Labute approximate surface area is 109 Å². The van der Waals surface area contributed by atoms with E-state index in [1.807, 2.05) is 0 Å². The Bertz CT molecular complexity index is 530. The number of halogens is 2. The van der Waals surface area contributed by atoms with E-state index in [0.717, 1.165) is 5.56 Å². The number of benzene rings is 1. The maximum Gasteiger partial charge on any atom is 0.227 e. The molecule has 0 radical (unpaired) electrons. The summed E-state index contributed by atoms with van der Waals surface area (Å²) < 4.78 is 18.1. The van der Waals surface area contributed by atoms with Gasteiger partial charge in [0.2, 0.25) is 5.89 Å². The Balaban J connectivity index is 1.76. The van der Waals surface area contributed by atoms with Crippen molar-refractivity contribution >= 4 is 11.6 Å². The molecule has 0 aliphatic rings. The van der Waals surface area contributed by atoms with Crippen LogP contribution in [-0.2, 0) is 13.0 Å². The fraction of sp³-hybridized carbons (Fsp3) is 0.333. The summed E-state index contributed by atoms with van der Waals surface area (Å²) in [4.78, 5) is 4.09. The maximum atomic E-state index is 13.2. The standard InChI is InChI=1S/C12H13ClFN3O/c1-8-16-12(18-17-8)4-5-15-7-9-2-3-10(13)11(14)6-9/h2-3,6,15H,4-5,7H2,1H3. The lowest BCUT2D eigenvalue weighted by molar-refractivity contribution is 0.372. The van der Waals surface area contributed by atoms with E-state index in [0.29, 0.717) is 31.2 Å². The maximum absolute atomic E-state index is 13.2. The number of aromatic nitrogens is 2. The number of hydrogen-bond donors (Lipinski definition) is 1. The highest BCUT2D eigenvalue weighted by atomic mass is 35.5. The molecule has 2 aromatic rings. The van der Waals surface area contributed by atoms with Crippen LogP contribution in [-0.4, -0.2) is 16.7 Å². The van der Waals surface area contributed by atoms with Gasteiger partial charge in [-0.25, -0.2) is 4.39 Å². The average Bonchev–Trinajstić information content (AvgIpc) is 2.75. The van der Waals surface area contributed by atoms with Crippen LogP contribution in [0.5, 0.6) is 0 Å². The molecule has 18 heavy (non-hydrogen) atoms. The van der Waals surface area contributed by atoms with Crippen molar-refractivity contribution in [2.24, 2.45) is 0 Å². The molecule has 0 amide bonds. The number of nitrogens with zero attached hydrogens (tertiary/aromatic N) is 2. The molecule has 0 atom stereocenters. The van der Waals surface area contributed by atoms with E-state index in [-0.39, 0.29) is 5.02 Å². The van der Waals surface area contributed by atoms with Gasteiger partial charge in [0.15, 0.2) is 5.82 Å². The van der Waals surface area contributed by atoms with E-state index < -0.39 is 5.82 Å². The molecule has 0 spiro atoms. The molecule has 4 nitrogen and oxygen atoms in total. The summed E-state index contributed by atoms with van der Waals surface area (Å²) >= 11 is 5.60. The summed E-state index contributed by atoms with van der Waals surface area (Å²) in [5, 5.41) is 7.00. The Hall–Kier alpha value is -1.46. The van der Waals surface area contributed by atoms with Gasteiger partial charge in [-0.15, -0.1) is 0 Å². The second-order valence-electron chi connectivity index (χ2n) is 3.91. The minimum atomic E-state index is -0.400. The molecular formula is C12H13ClFN3O. The van der Waals surface area contributed by atoms with Crippen molar-refractivity contribution in [2.45, 2.75) is 19.9 Å². The normalized spacial score (nSPS) is 10.8. The van der Waals surface area contributed by atoms with Gasteiger partial charge < -0.3 is 9.84 Å². The third kappa shape index (κ3) is 3.51. The van der Waals surface area contributed by atoms with Crippen molar-refractivity contribution in [1.29, 1.82) is 0 Å². The number of nitrogens with one attached hydrogen (secondary N) is 1. The predicted octanol–water partition coefficient (Wildman–Crippen LogP) is 2.50. The highest BCUT2D eigenvalue weighted by Gasteiger charge is 2.03. The highest BCUT2D eigenvalue weighted by Crippen LogP contribution is 2.15. The van der Waals surface area contributed by atoms with E-state index in [4.69, 9.17) is 16.1 Å². The van der Waals surface area contributed by atoms with Crippen molar-refractivity contribution in [3.8, 4) is 0 Å². The van der Waals surface area contributed by atoms with E-state index in [1.165, 1.54) is 6.07 Å². The van der Waals surface area contributed by atoms with E-state index in [2.05, 4.69) is 15.5 Å². The summed E-state index contributed by atoms with van der Waals surface area (Å²) in [6, 6.07) is 4.76. The molecule has 2 rings (SSSR count). The van der Waals surface area contributed by atoms with Gasteiger partial charge in [0.25, 0.3) is 0 Å². The van der Waals surface area contributed by atoms with Crippen molar-refractivity contribution in [3.63, 3.8) is 0 Å². The Morgan fingerprint density at radius 2 is 2.28 bits per heavy atom. The zero-order valence-electron chi connectivity index (χ0n) is 9.91. The molecule has 0 aliphatic heterocycles. The van der Waals surface area contributed by atoms with Gasteiger partial charge >= 0.3 is 0 Å². The van der Waals surface area contributed by atoms with E-state index in [9.17, 15) is 4.39 Å². The third-order valence-corrected chi connectivity index (χ3v) is 2.70. The average molecular weight is 270 g/mol. The summed E-state index contributed by atoms with van der Waals surface area (Å²) in [5.74, 6) is 0.829. The molecule has 1 heterocycles. The smallest absolute Gasteiger partial charge is 0.227 e. The van der Waals surface area contributed by atoms with Gasteiger partial charge in [0.1, 0.15) is 5.82 Å². The second kappa shape index (κ2) is 5.93. The molecule has 1 aromatic heterocycles. The molecule has 0 aliphatic carbocycles. The van der Waals surface area contributed by atoms with Crippen molar-refractivity contribution in [2.75, 3.05) is 6.54 Å².